The number of rotatable bonds is 4. The van der Waals surface area contributed by atoms with E-state index in [1.54, 1.807) is 0 Å². The van der Waals surface area contributed by atoms with Crippen molar-refractivity contribution in [2.75, 3.05) is 13.2 Å². The topological polar surface area (TPSA) is 63.4 Å². The van der Waals surface area contributed by atoms with Gasteiger partial charge in [0.25, 0.3) is 0 Å². The normalized spacial score (nSPS) is 36.5. The zero-order valence-electron chi connectivity index (χ0n) is 7.77. The summed E-state index contributed by atoms with van der Waals surface area (Å²) in [5, 5.41) is 19.2. The Hall–Kier alpha value is -0.0126. The third kappa shape index (κ3) is 2.08. The smallest absolute Gasteiger partial charge is 0.548 e. The molecule has 13 heavy (non-hydrogen) atoms. The number of nitrogens with zero attached hydrogens (tertiary/aromatic N) is 1. The van der Waals surface area contributed by atoms with E-state index in [9.17, 15) is 9.90 Å². The molecule has 1 N–H and O–H groups in total. The Bertz CT molecular complexity index is 208. The van der Waals surface area contributed by atoms with Gasteiger partial charge in [0.1, 0.15) is 0 Å². The molecule has 0 aromatic rings. The summed E-state index contributed by atoms with van der Waals surface area (Å²) in [7, 11) is 0. The van der Waals surface area contributed by atoms with E-state index in [1.165, 1.54) is 0 Å². The Morgan fingerprint density at radius 1 is 1.54 bits per heavy atom. The summed E-state index contributed by atoms with van der Waals surface area (Å²) < 4.78 is 0. The summed E-state index contributed by atoms with van der Waals surface area (Å²) in [6, 6.07) is -0.244. The standard InChI is InChI=1S/C8H13NO3.Li/c10-4-3-9-6(5-1-2-5)7(9)8(11)12;/h5-7,10H,1-4H2,(H,11,12);/q;+1/p-1/t6-,7-,9?;/m1./s1. The van der Waals surface area contributed by atoms with E-state index in [1.807, 2.05) is 4.90 Å². The van der Waals surface area contributed by atoms with Crippen LogP contribution in [0.5, 0.6) is 0 Å². The van der Waals surface area contributed by atoms with Crippen molar-refractivity contribution in [3.8, 4) is 0 Å². The molecule has 1 saturated heterocycles. The van der Waals surface area contributed by atoms with E-state index in [2.05, 4.69) is 0 Å². The van der Waals surface area contributed by atoms with Crippen LogP contribution in [0.1, 0.15) is 12.8 Å². The Kier molecular flexibility index (Phi) is 3.42. The van der Waals surface area contributed by atoms with Gasteiger partial charge in [-0.25, -0.2) is 0 Å². The second-order valence-corrected chi connectivity index (χ2v) is 3.55. The Balaban J connectivity index is 0.000000845. The molecule has 1 heterocycles. The molecule has 2 aliphatic rings. The Morgan fingerprint density at radius 2 is 2.15 bits per heavy atom. The summed E-state index contributed by atoms with van der Waals surface area (Å²) in [6.45, 7) is 0.507. The number of carbonyl (C=O) groups excluding carboxylic acids is 1. The molecule has 1 aliphatic heterocycles. The number of carbonyl (C=O) groups is 1. The van der Waals surface area contributed by atoms with Crippen molar-refractivity contribution in [1.29, 1.82) is 0 Å². The molecule has 3 atom stereocenters. The van der Waals surface area contributed by atoms with E-state index < -0.39 is 12.0 Å². The summed E-state index contributed by atoms with van der Waals surface area (Å²) >= 11 is 0. The summed E-state index contributed by atoms with van der Waals surface area (Å²) in [5.41, 5.74) is 0. The van der Waals surface area contributed by atoms with Gasteiger partial charge in [0.2, 0.25) is 0 Å². The largest absolute Gasteiger partial charge is 1.00 e. The minimum atomic E-state index is -0.986. The van der Waals surface area contributed by atoms with E-state index in [0.29, 0.717) is 12.5 Å². The van der Waals surface area contributed by atoms with E-state index >= 15 is 0 Å². The predicted molar refractivity (Wildman–Crippen MR) is 39.1 cm³/mol. The molecule has 5 heteroatoms. The van der Waals surface area contributed by atoms with E-state index in [-0.39, 0.29) is 31.5 Å². The fraction of sp³-hybridized carbons (Fsp3) is 0.875. The first-order valence-corrected chi connectivity index (χ1v) is 4.33. The second-order valence-electron chi connectivity index (χ2n) is 3.55. The van der Waals surface area contributed by atoms with Gasteiger partial charge in [0, 0.05) is 12.6 Å². The molecule has 4 nitrogen and oxygen atoms in total. The van der Waals surface area contributed by atoms with Gasteiger partial charge in [-0.3, -0.25) is 4.90 Å². The number of β-amino-alcohol motifs (C(OH)–C–C–N with tert-alkyl or cyclic N) is 1. The Labute approximate surface area is 89.1 Å². The number of carboxylic acid groups (broad SMARTS) is 1. The number of hydrogen-bond acceptors (Lipinski definition) is 4. The molecule has 1 aliphatic carbocycles. The molecule has 0 bridgehead atoms. The molecule has 1 unspecified atom stereocenters. The van der Waals surface area contributed by atoms with Gasteiger partial charge >= 0.3 is 18.9 Å². The number of hydrogen-bond donors (Lipinski definition) is 1. The summed E-state index contributed by atoms with van der Waals surface area (Å²) in [4.78, 5) is 12.4. The summed E-state index contributed by atoms with van der Waals surface area (Å²) in [6.07, 6.45) is 2.27. The maximum Gasteiger partial charge on any atom is 1.00 e. The van der Waals surface area contributed by atoms with Crippen molar-refractivity contribution in [3.05, 3.63) is 0 Å². The minimum absolute atomic E-state index is 0. The van der Waals surface area contributed by atoms with Gasteiger partial charge in [0.05, 0.1) is 18.6 Å². The van der Waals surface area contributed by atoms with Crippen molar-refractivity contribution >= 4 is 5.97 Å². The van der Waals surface area contributed by atoms with Crippen LogP contribution < -0.4 is 24.0 Å². The molecule has 0 radical (unpaired) electrons. The number of aliphatic hydroxyl groups excluding tert-OH is 1. The number of carboxylic acids is 1. The quantitative estimate of drug-likeness (QED) is 0.346. The van der Waals surface area contributed by atoms with Crippen LogP contribution in [0.2, 0.25) is 0 Å². The van der Waals surface area contributed by atoms with Gasteiger partial charge in [-0.2, -0.15) is 0 Å². The zero-order chi connectivity index (χ0) is 8.72. The molecule has 2 fully saturated rings. The fourth-order valence-electron chi connectivity index (χ4n) is 1.94. The molecule has 1 saturated carbocycles. The van der Waals surface area contributed by atoms with Gasteiger partial charge in [-0.15, -0.1) is 0 Å². The van der Waals surface area contributed by atoms with Crippen LogP contribution in [0.4, 0.5) is 0 Å². The second kappa shape index (κ2) is 4.01. The predicted octanol–water partition coefficient (Wildman–Crippen LogP) is -4.80. The number of aliphatic hydroxyl groups is 1. The number of aliphatic carboxylic acids is 1. The molecule has 2 rings (SSSR count). The van der Waals surface area contributed by atoms with Crippen LogP contribution >= 0.6 is 0 Å². The average Bonchev–Trinajstić information content (AvgIpc) is 2.78. The van der Waals surface area contributed by atoms with Gasteiger partial charge in [-0.1, -0.05) is 0 Å². The molecular weight excluding hydrogens is 165 g/mol. The molecule has 0 aromatic carbocycles. The first-order valence-electron chi connectivity index (χ1n) is 4.33. The van der Waals surface area contributed by atoms with Crippen molar-refractivity contribution in [1.82, 2.24) is 4.90 Å². The molecule has 0 amide bonds. The van der Waals surface area contributed by atoms with Crippen molar-refractivity contribution in [2.24, 2.45) is 5.92 Å². The average molecular weight is 177 g/mol. The van der Waals surface area contributed by atoms with Crippen LogP contribution in [0.15, 0.2) is 0 Å². The summed E-state index contributed by atoms with van der Waals surface area (Å²) in [5.74, 6) is -0.431. The van der Waals surface area contributed by atoms with Gasteiger partial charge in [0.15, 0.2) is 0 Å². The van der Waals surface area contributed by atoms with Crippen LogP contribution in [-0.2, 0) is 4.79 Å². The van der Waals surface area contributed by atoms with Crippen molar-refractivity contribution in [2.45, 2.75) is 24.9 Å². The van der Waals surface area contributed by atoms with Crippen LogP contribution in [0.25, 0.3) is 0 Å². The molecule has 0 spiro atoms. The molecular formula is C8H12LiNO3. The fourth-order valence-corrected chi connectivity index (χ4v) is 1.94. The van der Waals surface area contributed by atoms with E-state index in [0.717, 1.165) is 12.8 Å². The van der Waals surface area contributed by atoms with Crippen molar-refractivity contribution < 1.29 is 33.9 Å². The van der Waals surface area contributed by atoms with Crippen LogP contribution in [0, 0.1) is 5.92 Å². The monoisotopic (exact) mass is 177 g/mol. The first-order chi connectivity index (χ1) is 5.75. The van der Waals surface area contributed by atoms with Gasteiger partial charge < -0.3 is 15.0 Å². The van der Waals surface area contributed by atoms with Crippen LogP contribution in [-0.4, -0.2) is 41.2 Å². The minimum Gasteiger partial charge on any atom is -0.548 e. The SMILES string of the molecule is O=C([O-])[C@H]1[C@@H](C2CC2)N1CCO.[Li+]. The zero-order valence-corrected chi connectivity index (χ0v) is 7.77. The molecule has 0 aromatic heterocycles. The van der Waals surface area contributed by atoms with Gasteiger partial charge in [-0.05, 0) is 18.8 Å². The third-order valence-corrected chi connectivity index (χ3v) is 2.68. The van der Waals surface area contributed by atoms with Crippen molar-refractivity contribution in [3.63, 3.8) is 0 Å². The maximum absolute atomic E-state index is 10.6. The van der Waals surface area contributed by atoms with Crippen LogP contribution in [0.3, 0.4) is 0 Å². The third-order valence-electron chi connectivity index (χ3n) is 2.68. The first kappa shape index (κ1) is 11.1. The maximum atomic E-state index is 10.6. The van der Waals surface area contributed by atoms with E-state index in [4.69, 9.17) is 5.11 Å². The Morgan fingerprint density at radius 3 is 2.54 bits per heavy atom. The molecule has 68 valence electrons.